The standard InChI is InChI=1S/C18H23N5O3/c1-13-3-2-4-14-17(13)20-12-23(18(14)26)6-5-16(25)22-9-7-21(8-10-22)11-15(19)24/h2-4,12H,5-11H2,1H3,(H2,19,24). The van der Waals surface area contributed by atoms with Gasteiger partial charge in [-0.05, 0) is 18.6 Å². The van der Waals surface area contributed by atoms with Gasteiger partial charge in [-0.15, -0.1) is 0 Å². The molecule has 8 nitrogen and oxygen atoms in total. The van der Waals surface area contributed by atoms with Gasteiger partial charge in [0.05, 0.1) is 23.8 Å². The van der Waals surface area contributed by atoms with Gasteiger partial charge in [-0.1, -0.05) is 12.1 Å². The third-order valence-electron chi connectivity index (χ3n) is 4.73. The molecule has 2 N–H and O–H groups in total. The van der Waals surface area contributed by atoms with E-state index in [1.807, 2.05) is 24.0 Å². The maximum Gasteiger partial charge on any atom is 0.261 e. The average molecular weight is 357 g/mol. The summed E-state index contributed by atoms with van der Waals surface area (Å²) >= 11 is 0. The van der Waals surface area contributed by atoms with E-state index < -0.39 is 0 Å². The molecule has 1 fully saturated rings. The number of piperazine rings is 1. The fraction of sp³-hybridized carbons (Fsp3) is 0.444. The third-order valence-corrected chi connectivity index (χ3v) is 4.73. The number of benzene rings is 1. The SMILES string of the molecule is Cc1cccc2c(=O)n(CCC(=O)N3CCN(CC(N)=O)CC3)cnc12. The number of hydrogen-bond donors (Lipinski definition) is 1. The van der Waals surface area contributed by atoms with Crippen molar-refractivity contribution in [2.75, 3.05) is 32.7 Å². The minimum atomic E-state index is -0.358. The Morgan fingerprint density at radius 2 is 1.92 bits per heavy atom. The number of carbonyl (C=O) groups is 2. The van der Waals surface area contributed by atoms with Crippen molar-refractivity contribution in [1.82, 2.24) is 19.4 Å². The highest BCUT2D eigenvalue weighted by Gasteiger charge is 2.21. The van der Waals surface area contributed by atoms with E-state index in [1.54, 1.807) is 11.0 Å². The highest BCUT2D eigenvalue weighted by Crippen LogP contribution is 2.11. The first-order valence-corrected chi connectivity index (χ1v) is 8.69. The molecule has 0 radical (unpaired) electrons. The van der Waals surface area contributed by atoms with E-state index in [0.29, 0.717) is 43.6 Å². The van der Waals surface area contributed by atoms with E-state index >= 15 is 0 Å². The van der Waals surface area contributed by atoms with Crippen molar-refractivity contribution < 1.29 is 9.59 Å². The van der Waals surface area contributed by atoms with E-state index in [2.05, 4.69) is 4.98 Å². The molecule has 3 rings (SSSR count). The normalized spacial score (nSPS) is 15.3. The number of nitrogens with zero attached hydrogens (tertiary/aromatic N) is 4. The first-order valence-electron chi connectivity index (χ1n) is 8.69. The quantitative estimate of drug-likeness (QED) is 0.793. The predicted molar refractivity (Wildman–Crippen MR) is 97.6 cm³/mol. The molecule has 2 aromatic rings. The Morgan fingerprint density at radius 1 is 1.19 bits per heavy atom. The van der Waals surface area contributed by atoms with Gasteiger partial charge in [0.25, 0.3) is 5.56 Å². The lowest BCUT2D eigenvalue weighted by Gasteiger charge is -2.34. The van der Waals surface area contributed by atoms with Crippen LogP contribution in [0.15, 0.2) is 29.3 Å². The van der Waals surface area contributed by atoms with Gasteiger partial charge in [-0.3, -0.25) is 23.9 Å². The van der Waals surface area contributed by atoms with Crippen molar-refractivity contribution in [2.24, 2.45) is 5.73 Å². The number of fused-ring (bicyclic) bond motifs is 1. The smallest absolute Gasteiger partial charge is 0.261 e. The second kappa shape index (κ2) is 7.65. The summed E-state index contributed by atoms with van der Waals surface area (Å²) < 4.78 is 1.49. The highest BCUT2D eigenvalue weighted by molar-refractivity contribution is 5.80. The summed E-state index contributed by atoms with van der Waals surface area (Å²) in [5.41, 5.74) is 6.72. The van der Waals surface area contributed by atoms with Crippen molar-refractivity contribution in [3.05, 3.63) is 40.4 Å². The second-order valence-corrected chi connectivity index (χ2v) is 6.59. The number of aromatic nitrogens is 2. The van der Waals surface area contributed by atoms with Gasteiger partial charge in [0.15, 0.2) is 0 Å². The maximum absolute atomic E-state index is 12.6. The molecule has 26 heavy (non-hydrogen) atoms. The molecular weight excluding hydrogens is 334 g/mol. The molecule has 1 aliphatic rings. The maximum atomic E-state index is 12.6. The number of amides is 2. The van der Waals surface area contributed by atoms with E-state index in [1.165, 1.54) is 10.9 Å². The van der Waals surface area contributed by atoms with Crippen molar-refractivity contribution in [2.45, 2.75) is 19.9 Å². The van der Waals surface area contributed by atoms with E-state index in [9.17, 15) is 14.4 Å². The topological polar surface area (TPSA) is 102 Å². The fourth-order valence-electron chi connectivity index (χ4n) is 3.25. The summed E-state index contributed by atoms with van der Waals surface area (Å²) in [5.74, 6) is -0.358. The largest absolute Gasteiger partial charge is 0.369 e. The molecule has 138 valence electrons. The molecule has 8 heteroatoms. The van der Waals surface area contributed by atoms with Gasteiger partial charge in [0.1, 0.15) is 0 Å². The minimum absolute atomic E-state index is 0.0000332. The Morgan fingerprint density at radius 3 is 2.62 bits per heavy atom. The number of para-hydroxylation sites is 1. The lowest BCUT2D eigenvalue weighted by atomic mass is 10.1. The molecule has 2 heterocycles. The van der Waals surface area contributed by atoms with Gasteiger partial charge < -0.3 is 10.6 Å². The molecule has 1 aromatic heterocycles. The first kappa shape index (κ1) is 18.1. The summed E-state index contributed by atoms with van der Waals surface area (Å²) in [5, 5.41) is 0.569. The Labute approximate surface area is 151 Å². The van der Waals surface area contributed by atoms with E-state index in [-0.39, 0.29) is 30.3 Å². The number of primary amides is 1. The molecule has 1 saturated heterocycles. The molecule has 1 aliphatic heterocycles. The van der Waals surface area contributed by atoms with Crippen molar-refractivity contribution >= 4 is 22.7 Å². The third kappa shape index (κ3) is 3.91. The van der Waals surface area contributed by atoms with Crippen molar-refractivity contribution in [3.8, 4) is 0 Å². The summed E-state index contributed by atoms with van der Waals surface area (Å²) in [6.07, 6.45) is 1.75. The number of aryl methyl sites for hydroxylation is 2. The van der Waals surface area contributed by atoms with Crippen LogP contribution in [0.5, 0.6) is 0 Å². The number of hydrogen-bond acceptors (Lipinski definition) is 5. The predicted octanol–water partition coefficient (Wildman–Crippen LogP) is -0.275. The van der Waals surface area contributed by atoms with Crippen LogP contribution in [-0.4, -0.2) is 63.9 Å². The van der Waals surface area contributed by atoms with E-state index in [0.717, 1.165) is 5.56 Å². The summed E-state index contributed by atoms with van der Waals surface area (Å²) in [6, 6.07) is 5.51. The minimum Gasteiger partial charge on any atom is -0.369 e. The molecule has 0 bridgehead atoms. The zero-order chi connectivity index (χ0) is 18.7. The van der Waals surface area contributed by atoms with E-state index in [4.69, 9.17) is 5.73 Å². The van der Waals surface area contributed by atoms with Crippen LogP contribution in [-0.2, 0) is 16.1 Å². The van der Waals surface area contributed by atoms with Crippen LogP contribution in [0, 0.1) is 6.92 Å². The Bertz CT molecular complexity index is 884. The molecule has 0 atom stereocenters. The van der Waals surface area contributed by atoms with Crippen molar-refractivity contribution in [3.63, 3.8) is 0 Å². The molecule has 0 aliphatic carbocycles. The molecule has 0 unspecified atom stereocenters. The zero-order valence-corrected chi connectivity index (χ0v) is 14.9. The molecule has 1 aromatic carbocycles. The Hall–Kier alpha value is -2.74. The average Bonchev–Trinajstić information content (AvgIpc) is 2.62. The molecular formula is C18H23N5O3. The second-order valence-electron chi connectivity index (χ2n) is 6.59. The van der Waals surface area contributed by atoms with Gasteiger partial charge in [0, 0.05) is 39.1 Å². The van der Waals surface area contributed by atoms with Crippen LogP contribution in [0.1, 0.15) is 12.0 Å². The first-order chi connectivity index (χ1) is 12.5. The van der Waals surface area contributed by atoms with Crippen LogP contribution < -0.4 is 11.3 Å². The number of rotatable bonds is 5. The lowest BCUT2D eigenvalue weighted by Crippen LogP contribution is -2.50. The van der Waals surface area contributed by atoms with Gasteiger partial charge >= 0.3 is 0 Å². The summed E-state index contributed by atoms with van der Waals surface area (Å²) in [6.45, 7) is 4.83. The zero-order valence-electron chi connectivity index (χ0n) is 14.9. The Balaban J connectivity index is 1.60. The Kier molecular flexibility index (Phi) is 5.32. The summed E-state index contributed by atoms with van der Waals surface area (Å²) in [4.78, 5) is 44.0. The van der Waals surface area contributed by atoms with Crippen LogP contribution in [0.25, 0.3) is 10.9 Å². The highest BCUT2D eigenvalue weighted by atomic mass is 16.2. The van der Waals surface area contributed by atoms with Crippen LogP contribution >= 0.6 is 0 Å². The van der Waals surface area contributed by atoms with Crippen molar-refractivity contribution in [1.29, 1.82) is 0 Å². The molecule has 2 amide bonds. The van der Waals surface area contributed by atoms with Crippen LogP contribution in [0.4, 0.5) is 0 Å². The van der Waals surface area contributed by atoms with Gasteiger partial charge in [-0.25, -0.2) is 4.98 Å². The van der Waals surface area contributed by atoms with Gasteiger partial charge in [-0.2, -0.15) is 0 Å². The van der Waals surface area contributed by atoms with Gasteiger partial charge in [0.2, 0.25) is 11.8 Å². The molecule has 0 spiro atoms. The monoisotopic (exact) mass is 357 g/mol. The van der Waals surface area contributed by atoms with Crippen LogP contribution in [0.2, 0.25) is 0 Å². The van der Waals surface area contributed by atoms with Crippen LogP contribution in [0.3, 0.4) is 0 Å². The lowest BCUT2D eigenvalue weighted by molar-refractivity contribution is -0.133. The fourth-order valence-corrected chi connectivity index (χ4v) is 3.25. The number of nitrogens with two attached hydrogens (primary N) is 1. The summed E-state index contributed by atoms with van der Waals surface area (Å²) in [7, 11) is 0. The molecule has 0 saturated carbocycles. The number of carbonyl (C=O) groups excluding carboxylic acids is 2.